The number of fused-ring (bicyclic) bond motifs is 1. The van der Waals surface area contributed by atoms with Crippen LogP contribution in [0.5, 0.6) is 0 Å². The van der Waals surface area contributed by atoms with Crippen LogP contribution in [0.15, 0.2) is 35.5 Å². The van der Waals surface area contributed by atoms with Crippen molar-refractivity contribution in [2.45, 2.75) is 43.4 Å². The minimum Gasteiger partial charge on any atom is -0.207 e. The molecule has 0 amide bonds. The second-order valence-electron chi connectivity index (χ2n) is 6.90. The second-order valence-corrected chi connectivity index (χ2v) is 9.83. The summed E-state index contributed by atoms with van der Waals surface area (Å²) >= 11 is 1.53. The number of rotatable bonds is 4. The predicted molar refractivity (Wildman–Crippen MR) is 99.9 cm³/mol. The van der Waals surface area contributed by atoms with Crippen LogP contribution in [0, 0.1) is 0 Å². The maximum Gasteiger partial charge on any atom is 0.243 e. The van der Waals surface area contributed by atoms with Gasteiger partial charge in [0.15, 0.2) is 0 Å². The van der Waals surface area contributed by atoms with Crippen molar-refractivity contribution < 1.29 is 8.42 Å². The lowest BCUT2D eigenvalue weighted by molar-refractivity contribution is 0.318. The quantitative estimate of drug-likeness (QED) is 0.683. The van der Waals surface area contributed by atoms with Crippen LogP contribution in [0.25, 0.3) is 4.96 Å². The molecule has 0 unspecified atom stereocenters. The predicted octanol–water partition coefficient (Wildman–Crippen LogP) is 2.88. The van der Waals surface area contributed by atoms with E-state index in [2.05, 4.69) is 29.1 Å². The lowest BCUT2D eigenvalue weighted by Crippen LogP contribution is -2.37. The molecule has 3 aromatic rings. The average molecular weight is 392 g/mol. The summed E-state index contributed by atoms with van der Waals surface area (Å²) in [5.74, 6) is 0.661. The molecule has 0 saturated carbocycles. The summed E-state index contributed by atoms with van der Waals surface area (Å²) in [6.07, 6.45) is 3.14. The van der Waals surface area contributed by atoms with Gasteiger partial charge in [-0.15, -0.1) is 10.2 Å². The molecule has 2 aromatic heterocycles. The molecule has 1 saturated heterocycles. The van der Waals surface area contributed by atoms with Gasteiger partial charge >= 0.3 is 0 Å². The third-order valence-electron chi connectivity index (χ3n) is 4.89. The lowest BCUT2D eigenvalue weighted by atomic mass is 9.99. The highest BCUT2D eigenvalue weighted by molar-refractivity contribution is 7.89. The van der Waals surface area contributed by atoms with Crippen LogP contribution in [-0.2, 0) is 10.0 Å². The highest BCUT2D eigenvalue weighted by atomic mass is 32.2. The first-order valence-electron chi connectivity index (χ1n) is 8.72. The molecule has 3 heterocycles. The first-order valence-corrected chi connectivity index (χ1v) is 11.0. The fraction of sp³-hybridized carbons (Fsp3) is 0.471. The molecule has 1 aliphatic heterocycles. The number of hydrogen-bond acceptors (Lipinski definition) is 6. The van der Waals surface area contributed by atoms with Gasteiger partial charge in [0.2, 0.25) is 15.0 Å². The van der Waals surface area contributed by atoms with Gasteiger partial charge in [-0.05, 0) is 36.5 Å². The first-order chi connectivity index (χ1) is 12.4. The lowest BCUT2D eigenvalue weighted by Gasteiger charge is -2.30. The molecule has 1 fully saturated rings. The van der Waals surface area contributed by atoms with Crippen molar-refractivity contribution in [1.29, 1.82) is 0 Å². The maximum atomic E-state index is 12.9. The molecule has 0 radical (unpaired) electrons. The van der Waals surface area contributed by atoms with Crippen molar-refractivity contribution in [2.24, 2.45) is 0 Å². The van der Waals surface area contributed by atoms with Gasteiger partial charge in [-0.25, -0.2) is 8.42 Å². The Hall–Kier alpha value is -1.84. The number of benzene rings is 1. The van der Waals surface area contributed by atoms with Crippen molar-refractivity contribution in [3.8, 4) is 0 Å². The Labute approximate surface area is 156 Å². The molecule has 0 atom stereocenters. The van der Waals surface area contributed by atoms with Gasteiger partial charge < -0.3 is 0 Å². The molecule has 9 heteroatoms. The van der Waals surface area contributed by atoms with Gasteiger partial charge in [-0.1, -0.05) is 37.3 Å². The molecule has 4 rings (SSSR count). The van der Waals surface area contributed by atoms with Crippen molar-refractivity contribution in [3.63, 3.8) is 0 Å². The highest BCUT2D eigenvalue weighted by Crippen LogP contribution is 2.33. The van der Waals surface area contributed by atoms with E-state index in [4.69, 9.17) is 0 Å². The van der Waals surface area contributed by atoms with Crippen LogP contribution in [0.2, 0.25) is 0 Å². The van der Waals surface area contributed by atoms with E-state index in [-0.39, 0.29) is 5.92 Å². The second kappa shape index (κ2) is 6.71. The molecule has 7 nitrogen and oxygen atoms in total. The fourth-order valence-electron chi connectivity index (χ4n) is 3.26. The van der Waals surface area contributed by atoms with E-state index >= 15 is 0 Å². The Bertz CT molecular complexity index is 971. The maximum absolute atomic E-state index is 12.9. The summed E-state index contributed by atoms with van der Waals surface area (Å²) in [5.41, 5.74) is 1.14. The third kappa shape index (κ3) is 3.15. The standard InChI is InChI=1S/C17H21N5O2S2/c1-12(2)13-3-5-15(6-4-13)26(23,24)21-9-7-14(8-10-21)16-20-22-11-18-19-17(22)25-16/h3-6,11-12,14H,7-10H2,1-2H3. The zero-order valence-electron chi connectivity index (χ0n) is 14.7. The van der Waals surface area contributed by atoms with Crippen molar-refractivity contribution in [2.75, 3.05) is 13.1 Å². The molecule has 0 aliphatic carbocycles. The van der Waals surface area contributed by atoms with Crippen LogP contribution in [0.4, 0.5) is 0 Å². The van der Waals surface area contributed by atoms with E-state index in [1.54, 1.807) is 27.3 Å². The van der Waals surface area contributed by atoms with Crippen LogP contribution in [0.3, 0.4) is 0 Å². The van der Waals surface area contributed by atoms with Crippen LogP contribution in [0.1, 0.15) is 49.1 Å². The Morgan fingerprint density at radius 1 is 1.15 bits per heavy atom. The number of hydrogen-bond donors (Lipinski definition) is 0. The first kappa shape index (κ1) is 17.6. The number of nitrogens with zero attached hydrogens (tertiary/aromatic N) is 5. The molecule has 1 aliphatic rings. The van der Waals surface area contributed by atoms with Gasteiger partial charge in [-0.3, -0.25) is 0 Å². The Morgan fingerprint density at radius 3 is 2.46 bits per heavy atom. The minimum absolute atomic E-state index is 0.275. The molecule has 1 aromatic carbocycles. The van der Waals surface area contributed by atoms with Crippen LogP contribution in [-0.4, -0.2) is 45.6 Å². The van der Waals surface area contributed by atoms with Gasteiger partial charge in [0.1, 0.15) is 11.3 Å². The van der Waals surface area contributed by atoms with Crippen LogP contribution < -0.4 is 0 Å². The zero-order valence-corrected chi connectivity index (χ0v) is 16.4. The number of piperidine rings is 1. The van der Waals surface area contributed by atoms with E-state index in [0.29, 0.717) is 23.9 Å². The Balaban J connectivity index is 1.47. The average Bonchev–Trinajstić information content (AvgIpc) is 3.24. The molecule has 138 valence electrons. The van der Waals surface area contributed by atoms with Crippen molar-refractivity contribution in [3.05, 3.63) is 41.2 Å². The van der Waals surface area contributed by atoms with Gasteiger partial charge in [0.25, 0.3) is 0 Å². The van der Waals surface area contributed by atoms with Gasteiger partial charge in [0, 0.05) is 19.0 Å². The van der Waals surface area contributed by atoms with Crippen LogP contribution >= 0.6 is 11.3 Å². The van der Waals surface area contributed by atoms with E-state index in [1.165, 1.54) is 11.3 Å². The zero-order chi connectivity index (χ0) is 18.3. The molecular formula is C17H21N5O2S2. The molecule has 0 spiro atoms. The Morgan fingerprint density at radius 2 is 1.85 bits per heavy atom. The SMILES string of the molecule is CC(C)c1ccc(S(=O)(=O)N2CCC(c3nn4cnnc4s3)CC2)cc1. The fourth-order valence-corrected chi connectivity index (χ4v) is 5.71. The smallest absolute Gasteiger partial charge is 0.207 e. The normalized spacial score (nSPS) is 17.3. The monoisotopic (exact) mass is 391 g/mol. The largest absolute Gasteiger partial charge is 0.243 e. The van der Waals surface area contributed by atoms with E-state index in [1.807, 2.05) is 12.1 Å². The summed E-state index contributed by atoms with van der Waals surface area (Å²) in [5, 5.41) is 13.3. The number of aromatic nitrogens is 4. The van der Waals surface area contributed by atoms with Gasteiger partial charge in [0.05, 0.1) is 4.90 Å². The summed E-state index contributed by atoms with van der Waals surface area (Å²) < 4.78 is 29.1. The summed E-state index contributed by atoms with van der Waals surface area (Å²) in [6, 6.07) is 7.26. The summed E-state index contributed by atoms with van der Waals surface area (Å²) in [7, 11) is -3.44. The molecular weight excluding hydrogens is 370 g/mol. The minimum atomic E-state index is -3.44. The van der Waals surface area contributed by atoms with E-state index in [0.717, 1.165) is 28.4 Å². The summed E-state index contributed by atoms with van der Waals surface area (Å²) in [6.45, 7) is 5.22. The number of sulfonamides is 1. The highest BCUT2D eigenvalue weighted by Gasteiger charge is 2.31. The molecule has 0 N–H and O–H groups in total. The molecule has 0 bridgehead atoms. The van der Waals surface area contributed by atoms with Gasteiger partial charge in [-0.2, -0.15) is 13.9 Å². The summed E-state index contributed by atoms with van der Waals surface area (Å²) in [4.78, 5) is 1.15. The van der Waals surface area contributed by atoms with Crippen molar-refractivity contribution >= 4 is 26.3 Å². The molecule has 26 heavy (non-hydrogen) atoms. The Kier molecular flexibility index (Phi) is 4.54. The third-order valence-corrected chi connectivity index (χ3v) is 7.88. The topological polar surface area (TPSA) is 80.5 Å². The van der Waals surface area contributed by atoms with E-state index < -0.39 is 10.0 Å². The van der Waals surface area contributed by atoms with E-state index in [9.17, 15) is 8.42 Å². The van der Waals surface area contributed by atoms with Crippen molar-refractivity contribution in [1.82, 2.24) is 24.1 Å².